The number of fused-ring (bicyclic) bond motifs is 1. The first-order valence-corrected chi connectivity index (χ1v) is 7.52. The molecule has 0 aliphatic carbocycles. The molecule has 0 atom stereocenters. The van der Waals surface area contributed by atoms with Crippen LogP contribution < -0.4 is 5.32 Å². The normalized spacial score (nSPS) is 10.5. The Morgan fingerprint density at radius 3 is 2.71 bits per heavy atom. The summed E-state index contributed by atoms with van der Waals surface area (Å²) in [6, 6.07) is 12.4. The van der Waals surface area contributed by atoms with Gasteiger partial charge in [-0.1, -0.05) is 18.2 Å². The lowest BCUT2D eigenvalue weighted by Crippen LogP contribution is -2.22. The minimum absolute atomic E-state index is 0.0840. The summed E-state index contributed by atoms with van der Waals surface area (Å²) in [4.78, 5) is 32.8. The van der Waals surface area contributed by atoms with Crippen molar-refractivity contribution in [1.82, 2.24) is 14.5 Å². The second kappa shape index (κ2) is 6.91. The highest BCUT2D eigenvalue weighted by Crippen LogP contribution is 2.17. The molecule has 7 nitrogen and oxygen atoms in total. The molecule has 1 amide bonds. The van der Waals surface area contributed by atoms with Gasteiger partial charge in [-0.15, -0.1) is 0 Å². The zero-order chi connectivity index (χ0) is 16.9. The van der Waals surface area contributed by atoms with Crippen molar-refractivity contribution >= 4 is 28.7 Å². The van der Waals surface area contributed by atoms with E-state index in [1.165, 1.54) is 0 Å². The lowest BCUT2D eigenvalue weighted by Gasteiger charge is -2.08. The zero-order valence-corrected chi connectivity index (χ0v) is 13.1. The van der Waals surface area contributed by atoms with Crippen molar-refractivity contribution in [2.45, 2.75) is 13.5 Å². The number of nitrogens with one attached hydrogen (secondary N) is 1. The molecule has 122 valence electrons. The number of imidazole rings is 1. The van der Waals surface area contributed by atoms with Crippen LogP contribution in [0.3, 0.4) is 0 Å². The highest BCUT2D eigenvalue weighted by molar-refractivity contribution is 6.03. The van der Waals surface area contributed by atoms with Crippen LogP contribution in [0.4, 0.5) is 5.82 Å². The minimum Gasteiger partial charge on any atom is -0.465 e. The van der Waals surface area contributed by atoms with Crippen LogP contribution in [-0.2, 0) is 16.1 Å². The van der Waals surface area contributed by atoms with Gasteiger partial charge in [0, 0.05) is 6.20 Å². The number of aromatic nitrogens is 3. The summed E-state index contributed by atoms with van der Waals surface area (Å²) in [5.74, 6) is -0.311. The number of carbonyl (C=O) groups excluding carboxylic acids is 2. The molecule has 0 unspecified atom stereocenters. The summed E-state index contributed by atoms with van der Waals surface area (Å²) in [6.45, 7) is 1.93. The summed E-state index contributed by atoms with van der Waals surface area (Å²) in [7, 11) is 0. The molecule has 2 heterocycles. The fourth-order valence-electron chi connectivity index (χ4n) is 2.35. The van der Waals surface area contributed by atoms with Gasteiger partial charge in [0.15, 0.2) is 0 Å². The monoisotopic (exact) mass is 324 g/mol. The van der Waals surface area contributed by atoms with Crippen LogP contribution in [-0.4, -0.2) is 33.0 Å². The molecule has 1 aromatic carbocycles. The van der Waals surface area contributed by atoms with E-state index in [1.54, 1.807) is 48.0 Å². The number of benzene rings is 1. The molecule has 3 aromatic rings. The van der Waals surface area contributed by atoms with Crippen molar-refractivity contribution in [1.29, 1.82) is 0 Å². The lowest BCUT2D eigenvalue weighted by atomic mass is 10.3. The third kappa shape index (κ3) is 3.24. The van der Waals surface area contributed by atoms with Crippen LogP contribution >= 0.6 is 0 Å². The van der Waals surface area contributed by atoms with Gasteiger partial charge < -0.3 is 14.6 Å². The fourth-order valence-corrected chi connectivity index (χ4v) is 2.35. The van der Waals surface area contributed by atoms with Crippen molar-refractivity contribution in [3.8, 4) is 0 Å². The van der Waals surface area contributed by atoms with Crippen LogP contribution in [0.2, 0.25) is 0 Å². The number of esters is 1. The van der Waals surface area contributed by atoms with E-state index in [9.17, 15) is 9.59 Å². The zero-order valence-electron chi connectivity index (χ0n) is 13.1. The molecule has 0 fully saturated rings. The number of rotatable bonds is 5. The summed E-state index contributed by atoms with van der Waals surface area (Å²) >= 11 is 0. The number of nitrogens with zero attached hydrogens (tertiary/aromatic N) is 3. The smallest absolute Gasteiger partial charge is 0.326 e. The van der Waals surface area contributed by atoms with E-state index in [0.29, 0.717) is 16.9 Å². The second-order valence-electron chi connectivity index (χ2n) is 4.98. The van der Waals surface area contributed by atoms with E-state index in [4.69, 9.17) is 4.74 Å². The molecule has 24 heavy (non-hydrogen) atoms. The molecule has 2 aromatic heterocycles. The average molecular weight is 324 g/mol. The standard InChI is InChI=1S/C17H16N4O3/c1-2-24-15(22)11-21-13-8-4-3-7-12(13)19-16(21)17(23)20-14-9-5-6-10-18-14/h3-10H,2,11H2,1H3,(H,18,20,23). The lowest BCUT2D eigenvalue weighted by molar-refractivity contribution is -0.143. The number of hydrogen-bond acceptors (Lipinski definition) is 5. The third-order valence-electron chi connectivity index (χ3n) is 3.36. The number of ether oxygens (including phenoxy) is 1. The molecule has 0 spiro atoms. The van der Waals surface area contributed by atoms with Gasteiger partial charge in [-0.05, 0) is 31.2 Å². The van der Waals surface area contributed by atoms with Gasteiger partial charge in [0.2, 0.25) is 5.82 Å². The maximum atomic E-state index is 12.6. The molecule has 1 N–H and O–H groups in total. The van der Waals surface area contributed by atoms with E-state index in [0.717, 1.165) is 0 Å². The van der Waals surface area contributed by atoms with Gasteiger partial charge in [-0.2, -0.15) is 0 Å². The first-order chi connectivity index (χ1) is 11.7. The van der Waals surface area contributed by atoms with Gasteiger partial charge in [-0.3, -0.25) is 9.59 Å². The number of hydrogen-bond donors (Lipinski definition) is 1. The molecule has 0 radical (unpaired) electrons. The Hall–Kier alpha value is -3.22. The molecular formula is C17H16N4O3. The molecule has 0 saturated carbocycles. The highest BCUT2D eigenvalue weighted by Gasteiger charge is 2.20. The Labute approximate surface area is 138 Å². The van der Waals surface area contributed by atoms with Gasteiger partial charge in [0.05, 0.1) is 17.6 Å². The van der Waals surface area contributed by atoms with E-state index in [1.807, 2.05) is 12.1 Å². The van der Waals surface area contributed by atoms with E-state index >= 15 is 0 Å². The van der Waals surface area contributed by atoms with Crippen molar-refractivity contribution < 1.29 is 14.3 Å². The summed E-state index contributed by atoms with van der Waals surface area (Å²) in [6.07, 6.45) is 1.58. The van der Waals surface area contributed by atoms with Gasteiger partial charge >= 0.3 is 5.97 Å². The molecule has 7 heteroatoms. The maximum Gasteiger partial charge on any atom is 0.326 e. The largest absolute Gasteiger partial charge is 0.465 e. The van der Waals surface area contributed by atoms with Crippen LogP contribution in [0, 0.1) is 0 Å². The highest BCUT2D eigenvalue weighted by atomic mass is 16.5. The molecular weight excluding hydrogens is 308 g/mol. The summed E-state index contributed by atoms with van der Waals surface area (Å²) in [5, 5.41) is 2.68. The van der Waals surface area contributed by atoms with Gasteiger partial charge in [0.25, 0.3) is 5.91 Å². The number of amides is 1. The molecule has 3 rings (SSSR count). The predicted molar refractivity (Wildman–Crippen MR) is 88.6 cm³/mol. The van der Waals surface area contributed by atoms with Crippen molar-refractivity contribution in [2.24, 2.45) is 0 Å². The van der Waals surface area contributed by atoms with Crippen LogP contribution in [0.5, 0.6) is 0 Å². The number of pyridine rings is 1. The average Bonchev–Trinajstić information content (AvgIpc) is 2.95. The molecule has 0 aliphatic heterocycles. The van der Waals surface area contributed by atoms with E-state index < -0.39 is 11.9 Å². The van der Waals surface area contributed by atoms with E-state index in [2.05, 4.69) is 15.3 Å². The van der Waals surface area contributed by atoms with E-state index in [-0.39, 0.29) is 19.0 Å². The topological polar surface area (TPSA) is 86.1 Å². The Balaban J connectivity index is 1.96. The first kappa shape index (κ1) is 15.7. The Morgan fingerprint density at radius 1 is 1.17 bits per heavy atom. The number of anilines is 1. The fraction of sp³-hybridized carbons (Fsp3) is 0.176. The number of para-hydroxylation sites is 2. The molecule has 0 saturated heterocycles. The molecule has 0 bridgehead atoms. The van der Waals surface area contributed by atoms with Crippen molar-refractivity contribution in [3.63, 3.8) is 0 Å². The Bertz CT molecular complexity index is 874. The Kier molecular flexibility index (Phi) is 4.51. The number of carbonyl (C=O) groups is 2. The third-order valence-corrected chi connectivity index (χ3v) is 3.36. The molecule has 0 aliphatic rings. The van der Waals surface area contributed by atoms with Crippen LogP contribution in [0.15, 0.2) is 48.7 Å². The van der Waals surface area contributed by atoms with Crippen molar-refractivity contribution in [3.05, 3.63) is 54.5 Å². The van der Waals surface area contributed by atoms with Crippen LogP contribution in [0.25, 0.3) is 11.0 Å². The van der Waals surface area contributed by atoms with Gasteiger partial charge in [-0.25, -0.2) is 9.97 Å². The predicted octanol–water partition coefficient (Wildman–Crippen LogP) is 2.25. The van der Waals surface area contributed by atoms with Crippen molar-refractivity contribution in [2.75, 3.05) is 11.9 Å². The quantitative estimate of drug-likeness (QED) is 0.727. The van der Waals surface area contributed by atoms with Crippen LogP contribution in [0.1, 0.15) is 17.5 Å². The summed E-state index contributed by atoms with van der Waals surface area (Å²) < 4.78 is 6.53. The Morgan fingerprint density at radius 2 is 1.96 bits per heavy atom. The maximum absolute atomic E-state index is 12.6. The first-order valence-electron chi connectivity index (χ1n) is 7.52. The summed E-state index contributed by atoms with van der Waals surface area (Å²) in [5.41, 5.74) is 1.32. The SMILES string of the molecule is CCOC(=O)Cn1c(C(=O)Nc2ccccn2)nc2ccccc21. The minimum atomic E-state index is -0.436. The second-order valence-corrected chi connectivity index (χ2v) is 4.98. The van der Waals surface area contributed by atoms with Gasteiger partial charge in [0.1, 0.15) is 12.4 Å².